The Morgan fingerprint density at radius 3 is 1.68 bits per heavy atom. The number of aromatic nitrogens is 2. The van der Waals surface area contributed by atoms with Gasteiger partial charge in [0.25, 0.3) is 0 Å². The van der Waals surface area contributed by atoms with Crippen molar-refractivity contribution in [1.29, 1.82) is 0 Å². The zero-order valence-corrected chi connectivity index (χ0v) is 19.8. The van der Waals surface area contributed by atoms with Crippen LogP contribution < -0.4 is 0 Å². The predicted molar refractivity (Wildman–Crippen MR) is 141 cm³/mol. The second-order valence-electron chi connectivity index (χ2n) is 9.27. The van der Waals surface area contributed by atoms with Gasteiger partial charge < -0.3 is 0 Å². The van der Waals surface area contributed by atoms with E-state index in [-0.39, 0.29) is 5.41 Å². The number of hydrogen-bond acceptors (Lipinski definition) is 2. The van der Waals surface area contributed by atoms with Gasteiger partial charge in [-0.1, -0.05) is 104 Å². The molecule has 0 atom stereocenters. The largest absolute Gasteiger partial charge is 0.228 e. The zero-order chi connectivity index (χ0) is 23.3. The van der Waals surface area contributed by atoms with Crippen LogP contribution in [0.15, 0.2) is 103 Å². The van der Waals surface area contributed by atoms with Crippen molar-refractivity contribution in [2.24, 2.45) is 0 Å². The Hall–Kier alpha value is -3.75. The molecule has 1 aromatic heterocycles. The highest BCUT2D eigenvalue weighted by molar-refractivity contribution is 6.31. The lowest BCUT2D eigenvalue weighted by atomic mass is 9.82. The van der Waals surface area contributed by atoms with Gasteiger partial charge in [0.05, 0.1) is 11.4 Å². The summed E-state index contributed by atoms with van der Waals surface area (Å²) in [6.07, 6.45) is 0. The fraction of sp³-hybridized carbons (Fsp3) is 0.0968. The summed E-state index contributed by atoms with van der Waals surface area (Å²) in [7, 11) is 0. The molecule has 0 fully saturated rings. The molecule has 1 aliphatic carbocycles. The molecule has 0 radical (unpaired) electrons. The third-order valence-corrected chi connectivity index (χ3v) is 7.00. The normalized spacial score (nSPS) is 13.4. The van der Waals surface area contributed by atoms with Gasteiger partial charge in [0.2, 0.25) is 0 Å². The van der Waals surface area contributed by atoms with E-state index in [1.807, 2.05) is 42.5 Å². The van der Waals surface area contributed by atoms with Gasteiger partial charge in [-0.05, 0) is 46.5 Å². The van der Waals surface area contributed by atoms with Crippen molar-refractivity contribution in [1.82, 2.24) is 9.97 Å². The summed E-state index contributed by atoms with van der Waals surface area (Å²) in [5.74, 6) is 0.719. The van der Waals surface area contributed by atoms with E-state index in [1.165, 1.54) is 22.3 Å². The Bertz CT molecular complexity index is 1460. The molecule has 5 aromatic rings. The highest BCUT2D eigenvalue weighted by atomic mass is 35.5. The fourth-order valence-corrected chi connectivity index (χ4v) is 5.14. The van der Waals surface area contributed by atoms with Crippen LogP contribution in [-0.2, 0) is 5.41 Å². The lowest BCUT2D eigenvalue weighted by Crippen LogP contribution is -2.14. The molecule has 1 heterocycles. The Morgan fingerprint density at radius 2 is 1.09 bits per heavy atom. The summed E-state index contributed by atoms with van der Waals surface area (Å²) in [4.78, 5) is 10.00. The van der Waals surface area contributed by atoms with Crippen LogP contribution in [0, 0.1) is 0 Å². The number of nitrogens with zero attached hydrogens (tertiary/aromatic N) is 2. The van der Waals surface area contributed by atoms with E-state index < -0.39 is 0 Å². The molecule has 0 saturated heterocycles. The topological polar surface area (TPSA) is 25.8 Å². The fourth-order valence-electron chi connectivity index (χ4n) is 4.97. The van der Waals surface area contributed by atoms with Crippen LogP contribution in [0.25, 0.3) is 45.0 Å². The van der Waals surface area contributed by atoms with Crippen LogP contribution >= 0.6 is 11.6 Å². The van der Waals surface area contributed by atoms with Crippen LogP contribution in [0.2, 0.25) is 5.02 Å². The predicted octanol–water partition coefficient (Wildman–Crippen LogP) is 8.44. The lowest BCUT2D eigenvalue weighted by Gasteiger charge is -2.21. The van der Waals surface area contributed by atoms with Gasteiger partial charge in [0.15, 0.2) is 5.82 Å². The van der Waals surface area contributed by atoms with Gasteiger partial charge in [-0.25, -0.2) is 9.97 Å². The molecule has 0 N–H and O–H groups in total. The van der Waals surface area contributed by atoms with Crippen molar-refractivity contribution in [3.63, 3.8) is 0 Å². The molecule has 2 nitrogen and oxygen atoms in total. The standard InChI is InChI=1S/C31H23ClN2/c1-31(2)26-15-13-22(17-24(26)25-18-23(32)14-16-27(25)31)30-33-28(20-9-5-3-6-10-20)19-29(34-30)21-11-7-4-8-12-21/h3-19H,1-2H3. The van der Waals surface area contributed by atoms with Crippen LogP contribution in [-0.4, -0.2) is 9.97 Å². The van der Waals surface area contributed by atoms with Crippen molar-refractivity contribution in [2.45, 2.75) is 19.3 Å². The smallest absolute Gasteiger partial charge is 0.160 e. The van der Waals surface area contributed by atoms with Gasteiger partial charge in [-0.15, -0.1) is 0 Å². The molecule has 4 aromatic carbocycles. The van der Waals surface area contributed by atoms with E-state index in [2.05, 4.69) is 74.5 Å². The van der Waals surface area contributed by atoms with Crippen molar-refractivity contribution in [3.05, 3.63) is 119 Å². The van der Waals surface area contributed by atoms with E-state index in [0.29, 0.717) is 0 Å². The first-order valence-electron chi connectivity index (χ1n) is 11.5. The van der Waals surface area contributed by atoms with E-state index in [0.717, 1.165) is 38.9 Å². The first-order chi connectivity index (χ1) is 16.5. The van der Waals surface area contributed by atoms with Crippen molar-refractivity contribution in [2.75, 3.05) is 0 Å². The quantitative estimate of drug-likeness (QED) is 0.271. The second-order valence-corrected chi connectivity index (χ2v) is 9.71. The molecular weight excluding hydrogens is 436 g/mol. The maximum absolute atomic E-state index is 6.39. The number of benzene rings is 4. The monoisotopic (exact) mass is 458 g/mol. The van der Waals surface area contributed by atoms with E-state index >= 15 is 0 Å². The molecule has 0 aliphatic heterocycles. The lowest BCUT2D eigenvalue weighted by molar-refractivity contribution is 0.660. The highest BCUT2D eigenvalue weighted by Crippen LogP contribution is 2.50. The van der Waals surface area contributed by atoms with Gasteiger partial charge in [-0.3, -0.25) is 0 Å². The molecule has 34 heavy (non-hydrogen) atoms. The van der Waals surface area contributed by atoms with E-state index in [9.17, 15) is 0 Å². The van der Waals surface area contributed by atoms with Gasteiger partial charge >= 0.3 is 0 Å². The van der Waals surface area contributed by atoms with Gasteiger partial charge in [0, 0.05) is 27.1 Å². The number of halogens is 1. The minimum Gasteiger partial charge on any atom is -0.228 e. The number of hydrogen-bond donors (Lipinski definition) is 0. The molecule has 0 bridgehead atoms. The molecule has 0 amide bonds. The van der Waals surface area contributed by atoms with Gasteiger partial charge in [0.1, 0.15) is 0 Å². The van der Waals surface area contributed by atoms with Crippen LogP contribution in [0.5, 0.6) is 0 Å². The number of rotatable bonds is 3. The average molecular weight is 459 g/mol. The summed E-state index contributed by atoms with van der Waals surface area (Å²) in [5, 5.41) is 0.751. The molecule has 164 valence electrons. The third-order valence-electron chi connectivity index (χ3n) is 6.76. The van der Waals surface area contributed by atoms with Crippen molar-refractivity contribution < 1.29 is 0 Å². The Labute approximate surface area is 204 Å². The Kier molecular flexibility index (Phi) is 4.86. The van der Waals surface area contributed by atoms with Crippen LogP contribution in [0.3, 0.4) is 0 Å². The molecule has 1 aliphatic rings. The van der Waals surface area contributed by atoms with E-state index in [1.54, 1.807) is 0 Å². The minimum absolute atomic E-state index is 0.0737. The maximum atomic E-state index is 6.39. The Morgan fingerprint density at radius 1 is 0.559 bits per heavy atom. The third kappa shape index (κ3) is 3.43. The molecule has 0 spiro atoms. The minimum atomic E-state index is -0.0737. The van der Waals surface area contributed by atoms with Crippen LogP contribution in [0.4, 0.5) is 0 Å². The van der Waals surface area contributed by atoms with Crippen molar-refractivity contribution in [3.8, 4) is 45.0 Å². The SMILES string of the molecule is CC1(C)c2ccc(Cl)cc2-c2cc(-c3nc(-c4ccccc4)cc(-c4ccccc4)n3)ccc21. The summed E-state index contributed by atoms with van der Waals surface area (Å²) in [6.45, 7) is 4.54. The highest BCUT2D eigenvalue weighted by Gasteiger charge is 2.35. The molecular formula is C31H23ClN2. The van der Waals surface area contributed by atoms with Crippen LogP contribution in [0.1, 0.15) is 25.0 Å². The first kappa shape index (κ1) is 20.8. The molecule has 3 heteroatoms. The first-order valence-corrected chi connectivity index (χ1v) is 11.8. The Balaban J connectivity index is 1.56. The molecule has 0 saturated carbocycles. The summed E-state index contributed by atoms with van der Waals surface area (Å²) < 4.78 is 0. The molecule has 6 rings (SSSR count). The second kappa shape index (κ2) is 7.93. The summed E-state index contributed by atoms with van der Waals surface area (Å²) >= 11 is 6.39. The van der Waals surface area contributed by atoms with Gasteiger partial charge in [-0.2, -0.15) is 0 Å². The summed E-state index contributed by atoms with van der Waals surface area (Å²) in [6, 6.07) is 35.4. The zero-order valence-electron chi connectivity index (χ0n) is 19.1. The van der Waals surface area contributed by atoms with Crippen molar-refractivity contribution >= 4 is 11.6 Å². The maximum Gasteiger partial charge on any atom is 0.160 e. The summed E-state index contributed by atoms with van der Waals surface area (Å²) in [5.41, 5.74) is 9.89. The number of fused-ring (bicyclic) bond motifs is 3. The van der Waals surface area contributed by atoms with E-state index in [4.69, 9.17) is 21.6 Å². The molecule has 0 unspecified atom stereocenters. The average Bonchev–Trinajstić information content (AvgIpc) is 3.10.